The summed E-state index contributed by atoms with van der Waals surface area (Å²) in [6.45, 7) is 0.828. The third-order valence-electron chi connectivity index (χ3n) is 3.53. The first-order valence-electron chi connectivity index (χ1n) is 7.66. The Hall–Kier alpha value is -2.08. The third kappa shape index (κ3) is 5.23. The number of para-hydroxylation sites is 1. The molecule has 128 valence electrons. The maximum absolute atomic E-state index is 11.3. The first-order valence-corrected chi connectivity index (χ1v) is 8.04. The molecule has 0 bridgehead atoms. The van der Waals surface area contributed by atoms with Crippen LogP contribution >= 0.6 is 11.6 Å². The van der Waals surface area contributed by atoms with Gasteiger partial charge in [-0.2, -0.15) is 0 Å². The second-order valence-electron chi connectivity index (χ2n) is 5.24. The summed E-state index contributed by atoms with van der Waals surface area (Å²) >= 11 is 6.08. The van der Waals surface area contributed by atoms with Crippen molar-refractivity contribution in [3.8, 4) is 5.75 Å². The molecular weight excluding hydrogens is 328 g/mol. The molecule has 0 aliphatic carbocycles. The highest BCUT2D eigenvalue weighted by Gasteiger charge is 2.11. The van der Waals surface area contributed by atoms with Crippen molar-refractivity contribution >= 4 is 17.5 Å². The SMILES string of the molecule is CNC(=O)COc1ccccc1CNCC(O)c1ccccc1Cl. The molecule has 1 atom stereocenters. The van der Waals surface area contributed by atoms with Crippen LogP contribution in [0.4, 0.5) is 0 Å². The minimum atomic E-state index is -0.697. The van der Waals surface area contributed by atoms with Gasteiger partial charge in [-0.1, -0.05) is 48.0 Å². The first kappa shape index (κ1) is 18.3. The molecule has 3 N–H and O–H groups in total. The van der Waals surface area contributed by atoms with Crippen molar-refractivity contribution in [2.45, 2.75) is 12.6 Å². The van der Waals surface area contributed by atoms with Crippen LogP contribution in [0.15, 0.2) is 48.5 Å². The molecule has 1 unspecified atom stereocenters. The Morgan fingerprint density at radius 2 is 1.92 bits per heavy atom. The Labute approximate surface area is 146 Å². The van der Waals surface area contributed by atoms with Crippen LogP contribution in [0.1, 0.15) is 17.2 Å². The molecule has 2 rings (SSSR count). The van der Waals surface area contributed by atoms with Crippen molar-refractivity contribution in [1.29, 1.82) is 0 Å². The quantitative estimate of drug-likeness (QED) is 0.684. The Morgan fingerprint density at radius 3 is 2.67 bits per heavy atom. The van der Waals surface area contributed by atoms with Crippen LogP contribution in [0.3, 0.4) is 0 Å². The number of benzene rings is 2. The summed E-state index contributed by atoms with van der Waals surface area (Å²) in [6.07, 6.45) is -0.697. The summed E-state index contributed by atoms with van der Waals surface area (Å²) in [4.78, 5) is 11.3. The van der Waals surface area contributed by atoms with Crippen LogP contribution < -0.4 is 15.4 Å². The monoisotopic (exact) mass is 348 g/mol. The van der Waals surface area contributed by atoms with Gasteiger partial charge in [-0.25, -0.2) is 0 Å². The lowest BCUT2D eigenvalue weighted by Crippen LogP contribution is -2.25. The maximum Gasteiger partial charge on any atom is 0.257 e. The van der Waals surface area contributed by atoms with Crippen LogP contribution in [0.2, 0.25) is 5.02 Å². The molecule has 0 aliphatic heterocycles. The molecule has 2 aromatic rings. The fraction of sp³-hybridized carbons (Fsp3) is 0.278. The minimum absolute atomic E-state index is 0.0320. The van der Waals surface area contributed by atoms with Crippen molar-refractivity contribution in [3.05, 3.63) is 64.7 Å². The number of carbonyl (C=O) groups excluding carboxylic acids is 1. The van der Waals surface area contributed by atoms with E-state index in [2.05, 4.69) is 10.6 Å². The molecule has 0 aromatic heterocycles. The molecule has 24 heavy (non-hydrogen) atoms. The number of ether oxygens (including phenoxy) is 1. The minimum Gasteiger partial charge on any atom is -0.483 e. The highest BCUT2D eigenvalue weighted by atomic mass is 35.5. The number of nitrogens with one attached hydrogen (secondary N) is 2. The molecule has 0 heterocycles. The smallest absolute Gasteiger partial charge is 0.257 e. The standard InChI is InChI=1S/C18H21ClN2O3/c1-20-18(23)12-24-17-9-5-2-6-13(17)10-21-11-16(22)14-7-3-4-8-15(14)19/h2-9,16,21-22H,10-12H2,1H3,(H,20,23). The van der Waals surface area contributed by atoms with Gasteiger partial charge in [-0.3, -0.25) is 4.79 Å². The second-order valence-corrected chi connectivity index (χ2v) is 5.64. The lowest BCUT2D eigenvalue weighted by Gasteiger charge is -2.15. The van der Waals surface area contributed by atoms with Crippen molar-refractivity contribution in [3.63, 3.8) is 0 Å². The summed E-state index contributed by atoms with van der Waals surface area (Å²) in [5.41, 5.74) is 1.60. The highest BCUT2D eigenvalue weighted by Crippen LogP contribution is 2.22. The molecule has 0 saturated carbocycles. The van der Waals surface area contributed by atoms with Crippen molar-refractivity contribution in [2.75, 3.05) is 20.2 Å². The molecule has 1 amide bonds. The molecule has 0 radical (unpaired) electrons. The van der Waals surface area contributed by atoms with Gasteiger partial charge in [0.2, 0.25) is 0 Å². The molecule has 6 heteroatoms. The van der Waals surface area contributed by atoms with Gasteiger partial charge in [0.05, 0.1) is 6.10 Å². The predicted octanol–water partition coefficient (Wildman–Crippen LogP) is 2.29. The fourth-order valence-corrected chi connectivity index (χ4v) is 2.47. The predicted molar refractivity (Wildman–Crippen MR) is 94.1 cm³/mol. The number of aliphatic hydroxyl groups excluding tert-OH is 1. The fourth-order valence-electron chi connectivity index (χ4n) is 2.21. The van der Waals surface area contributed by atoms with Crippen LogP contribution in [0.5, 0.6) is 5.75 Å². The van der Waals surface area contributed by atoms with E-state index in [9.17, 15) is 9.90 Å². The van der Waals surface area contributed by atoms with Gasteiger partial charge in [-0.05, 0) is 12.1 Å². The molecule has 0 aliphatic rings. The number of amides is 1. The van der Waals surface area contributed by atoms with Crippen molar-refractivity contribution in [2.24, 2.45) is 0 Å². The zero-order valence-corrected chi connectivity index (χ0v) is 14.2. The largest absolute Gasteiger partial charge is 0.483 e. The highest BCUT2D eigenvalue weighted by molar-refractivity contribution is 6.31. The Bertz CT molecular complexity index is 679. The lowest BCUT2D eigenvalue weighted by molar-refractivity contribution is -0.122. The third-order valence-corrected chi connectivity index (χ3v) is 3.87. The van der Waals surface area contributed by atoms with E-state index in [0.29, 0.717) is 29.4 Å². The molecule has 0 spiro atoms. The zero-order valence-electron chi connectivity index (χ0n) is 13.5. The van der Waals surface area contributed by atoms with Crippen LogP contribution in [-0.2, 0) is 11.3 Å². The van der Waals surface area contributed by atoms with Gasteiger partial charge in [0, 0.05) is 36.3 Å². The molecule has 2 aromatic carbocycles. The summed E-state index contributed by atoms with van der Waals surface area (Å²) in [5.74, 6) is 0.452. The van der Waals surface area contributed by atoms with E-state index < -0.39 is 6.10 Å². The average molecular weight is 349 g/mol. The van der Waals surface area contributed by atoms with Gasteiger partial charge in [0.15, 0.2) is 6.61 Å². The number of rotatable bonds is 8. The Kier molecular flexibility index (Phi) is 7.06. The van der Waals surface area contributed by atoms with Crippen molar-refractivity contribution < 1.29 is 14.6 Å². The molecular formula is C18H21ClN2O3. The number of aliphatic hydroxyl groups is 1. The number of carbonyl (C=O) groups is 1. The van der Waals surface area contributed by atoms with Crippen LogP contribution in [0, 0.1) is 0 Å². The Balaban J connectivity index is 1.90. The normalized spacial score (nSPS) is 11.8. The van der Waals surface area contributed by atoms with E-state index in [-0.39, 0.29) is 12.5 Å². The number of likely N-dealkylation sites (N-methyl/N-ethyl adjacent to an activating group) is 1. The summed E-state index contributed by atoms with van der Waals surface area (Å²) < 4.78 is 5.52. The average Bonchev–Trinajstić information content (AvgIpc) is 2.60. The van der Waals surface area contributed by atoms with E-state index in [1.54, 1.807) is 19.2 Å². The number of hydrogen-bond acceptors (Lipinski definition) is 4. The van der Waals surface area contributed by atoms with Gasteiger partial charge >= 0.3 is 0 Å². The lowest BCUT2D eigenvalue weighted by atomic mass is 10.1. The number of hydrogen-bond donors (Lipinski definition) is 3. The van der Waals surface area contributed by atoms with Crippen LogP contribution in [0.25, 0.3) is 0 Å². The van der Waals surface area contributed by atoms with Crippen LogP contribution in [-0.4, -0.2) is 31.2 Å². The van der Waals surface area contributed by atoms with E-state index in [4.69, 9.17) is 16.3 Å². The second kappa shape index (κ2) is 9.27. The summed E-state index contributed by atoms with van der Waals surface area (Å²) in [5, 5.41) is 16.5. The van der Waals surface area contributed by atoms with Gasteiger partial charge in [0.25, 0.3) is 5.91 Å². The summed E-state index contributed by atoms with van der Waals surface area (Å²) in [7, 11) is 1.56. The topological polar surface area (TPSA) is 70.6 Å². The van der Waals surface area contributed by atoms with Gasteiger partial charge in [-0.15, -0.1) is 0 Å². The molecule has 5 nitrogen and oxygen atoms in total. The van der Waals surface area contributed by atoms with Crippen molar-refractivity contribution in [1.82, 2.24) is 10.6 Å². The van der Waals surface area contributed by atoms with Gasteiger partial charge in [0.1, 0.15) is 5.75 Å². The summed E-state index contributed by atoms with van der Waals surface area (Å²) in [6, 6.07) is 14.7. The molecule has 0 saturated heterocycles. The van der Waals surface area contributed by atoms with Gasteiger partial charge < -0.3 is 20.5 Å². The van der Waals surface area contributed by atoms with E-state index in [0.717, 1.165) is 5.56 Å². The zero-order chi connectivity index (χ0) is 17.4. The van der Waals surface area contributed by atoms with E-state index in [1.165, 1.54) is 0 Å². The Morgan fingerprint density at radius 1 is 1.21 bits per heavy atom. The van der Waals surface area contributed by atoms with E-state index in [1.807, 2.05) is 36.4 Å². The maximum atomic E-state index is 11.3. The number of halogens is 1. The molecule has 0 fully saturated rings. The first-order chi connectivity index (χ1) is 11.6. The van der Waals surface area contributed by atoms with E-state index >= 15 is 0 Å².